The summed E-state index contributed by atoms with van der Waals surface area (Å²) in [4.78, 5) is 36.9. The second-order valence-corrected chi connectivity index (χ2v) is 6.68. The summed E-state index contributed by atoms with van der Waals surface area (Å²) < 4.78 is 10.2. The molecule has 2 aromatic rings. The SMILES string of the molecule is COC(=O)[C@@H](Cc1ccc(C(=O)c2ccccc2)cc1)NC(=O)[C@@H]1CCCO1. The molecule has 1 amide bonds. The zero-order chi connectivity index (χ0) is 19.9. The highest BCUT2D eigenvalue weighted by Gasteiger charge is 2.29. The number of ketones is 1. The van der Waals surface area contributed by atoms with Gasteiger partial charge in [-0.2, -0.15) is 0 Å². The number of esters is 1. The molecule has 1 saturated heterocycles. The van der Waals surface area contributed by atoms with Crippen LogP contribution in [0.3, 0.4) is 0 Å². The monoisotopic (exact) mass is 381 g/mol. The molecule has 1 heterocycles. The zero-order valence-electron chi connectivity index (χ0n) is 15.7. The maximum atomic E-state index is 12.5. The number of ether oxygens (including phenoxy) is 2. The van der Waals surface area contributed by atoms with Crippen LogP contribution in [0, 0.1) is 0 Å². The van der Waals surface area contributed by atoms with E-state index in [4.69, 9.17) is 9.47 Å². The van der Waals surface area contributed by atoms with Crippen LogP contribution in [0.4, 0.5) is 0 Å². The van der Waals surface area contributed by atoms with Gasteiger partial charge in [0.2, 0.25) is 5.91 Å². The van der Waals surface area contributed by atoms with Gasteiger partial charge in [-0.1, -0.05) is 54.6 Å². The van der Waals surface area contributed by atoms with Crippen molar-refractivity contribution >= 4 is 17.7 Å². The Morgan fingerprint density at radius 3 is 2.36 bits per heavy atom. The largest absolute Gasteiger partial charge is 0.467 e. The van der Waals surface area contributed by atoms with Gasteiger partial charge < -0.3 is 14.8 Å². The molecule has 0 spiro atoms. The van der Waals surface area contributed by atoms with E-state index in [9.17, 15) is 14.4 Å². The molecule has 0 aliphatic carbocycles. The predicted octanol–water partition coefficient (Wildman–Crippen LogP) is 2.30. The van der Waals surface area contributed by atoms with Crippen molar-refractivity contribution in [2.75, 3.05) is 13.7 Å². The molecule has 0 unspecified atom stereocenters. The van der Waals surface area contributed by atoms with E-state index < -0.39 is 18.1 Å². The summed E-state index contributed by atoms with van der Waals surface area (Å²) in [5, 5.41) is 2.72. The lowest BCUT2D eigenvalue weighted by Gasteiger charge is -2.19. The third-order valence-corrected chi connectivity index (χ3v) is 4.72. The Kier molecular flexibility index (Phi) is 6.55. The van der Waals surface area contributed by atoms with Gasteiger partial charge in [0, 0.05) is 24.2 Å². The number of benzene rings is 2. The van der Waals surface area contributed by atoms with E-state index in [1.54, 1.807) is 36.4 Å². The van der Waals surface area contributed by atoms with Crippen molar-refractivity contribution in [3.8, 4) is 0 Å². The zero-order valence-corrected chi connectivity index (χ0v) is 15.7. The van der Waals surface area contributed by atoms with Crippen LogP contribution in [0.5, 0.6) is 0 Å². The van der Waals surface area contributed by atoms with Gasteiger partial charge in [0.15, 0.2) is 5.78 Å². The lowest BCUT2D eigenvalue weighted by atomic mass is 9.99. The Balaban J connectivity index is 1.67. The molecule has 3 rings (SSSR count). The highest BCUT2D eigenvalue weighted by molar-refractivity contribution is 6.08. The second-order valence-electron chi connectivity index (χ2n) is 6.68. The molecule has 146 valence electrons. The Labute approximate surface area is 163 Å². The molecule has 1 fully saturated rings. The molecule has 6 heteroatoms. The molecule has 1 aliphatic rings. The van der Waals surface area contributed by atoms with E-state index in [0.717, 1.165) is 12.0 Å². The first kappa shape index (κ1) is 19.8. The average molecular weight is 381 g/mol. The van der Waals surface area contributed by atoms with Crippen LogP contribution in [-0.2, 0) is 25.5 Å². The fraction of sp³-hybridized carbons (Fsp3) is 0.318. The van der Waals surface area contributed by atoms with Crippen molar-refractivity contribution in [2.45, 2.75) is 31.4 Å². The minimum absolute atomic E-state index is 0.0663. The van der Waals surface area contributed by atoms with Gasteiger partial charge in [0.25, 0.3) is 0 Å². The van der Waals surface area contributed by atoms with Crippen molar-refractivity contribution in [3.05, 3.63) is 71.3 Å². The molecule has 2 aromatic carbocycles. The molecule has 0 radical (unpaired) electrons. The quantitative estimate of drug-likeness (QED) is 0.588. The maximum Gasteiger partial charge on any atom is 0.328 e. The molecule has 0 aromatic heterocycles. The summed E-state index contributed by atoms with van der Waals surface area (Å²) in [6.45, 7) is 0.553. The Morgan fingerprint density at radius 2 is 1.75 bits per heavy atom. The number of methoxy groups -OCH3 is 1. The minimum Gasteiger partial charge on any atom is -0.467 e. The van der Waals surface area contributed by atoms with Crippen LogP contribution in [0.2, 0.25) is 0 Å². The molecule has 0 bridgehead atoms. The first-order chi connectivity index (χ1) is 13.6. The first-order valence-corrected chi connectivity index (χ1v) is 9.27. The van der Waals surface area contributed by atoms with Crippen molar-refractivity contribution in [3.63, 3.8) is 0 Å². The number of rotatable bonds is 7. The Hall–Kier alpha value is -2.99. The third kappa shape index (κ3) is 4.84. The summed E-state index contributed by atoms with van der Waals surface area (Å²) >= 11 is 0. The molecular weight excluding hydrogens is 358 g/mol. The van der Waals surface area contributed by atoms with Crippen LogP contribution >= 0.6 is 0 Å². The molecular formula is C22H23NO5. The fourth-order valence-electron chi connectivity index (χ4n) is 3.17. The number of hydrogen-bond acceptors (Lipinski definition) is 5. The van der Waals surface area contributed by atoms with Crippen molar-refractivity contribution in [2.24, 2.45) is 0 Å². The van der Waals surface area contributed by atoms with Gasteiger partial charge in [0.05, 0.1) is 7.11 Å². The van der Waals surface area contributed by atoms with Gasteiger partial charge >= 0.3 is 5.97 Å². The van der Waals surface area contributed by atoms with Gasteiger partial charge in [0.1, 0.15) is 12.1 Å². The lowest BCUT2D eigenvalue weighted by Crippen LogP contribution is -2.47. The first-order valence-electron chi connectivity index (χ1n) is 9.27. The highest BCUT2D eigenvalue weighted by Crippen LogP contribution is 2.15. The van der Waals surface area contributed by atoms with Crippen LogP contribution < -0.4 is 5.32 Å². The topological polar surface area (TPSA) is 81.7 Å². The summed E-state index contributed by atoms with van der Waals surface area (Å²) in [5.41, 5.74) is 1.99. The molecule has 28 heavy (non-hydrogen) atoms. The van der Waals surface area contributed by atoms with Crippen LogP contribution in [-0.4, -0.2) is 43.5 Å². The summed E-state index contributed by atoms with van der Waals surface area (Å²) in [6.07, 6.45) is 1.23. The smallest absolute Gasteiger partial charge is 0.328 e. The molecule has 1 aliphatic heterocycles. The lowest BCUT2D eigenvalue weighted by molar-refractivity contribution is -0.146. The molecule has 2 atom stereocenters. The minimum atomic E-state index is -0.808. The van der Waals surface area contributed by atoms with Crippen molar-refractivity contribution in [1.82, 2.24) is 5.32 Å². The molecule has 6 nitrogen and oxygen atoms in total. The number of carbonyl (C=O) groups excluding carboxylic acids is 3. The maximum absolute atomic E-state index is 12.5. The Morgan fingerprint density at radius 1 is 1.07 bits per heavy atom. The van der Waals surface area contributed by atoms with Gasteiger partial charge in [-0.05, 0) is 18.4 Å². The summed E-state index contributed by atoms with van der Waals surface area (Å²) in [6, 6.07) is 15.2. The number of nitrogens with one attached hydrogen (secondary N) is 1. The van der Waals surface area contributed by atoms with Crippen molar-refractivity contribution < 1.29 is 23.9 Å². The Bertz CT molecular complexity index is 826. The van der Waals surface area contributed by atoms with Gasteiger partial charge in [-0.3, -0.25) is 9.59 Å². The van der Waals surface area contributed by atoms with Crippen LogP contribution in [0.15, 0.2) is 54.6 Å². The average Bonchev–Trinajstić information content (AvgIpc) is 3.28. The van der Waals surface area contributed by atoms with E-state index in [1.165, 1.54) is 7.11 Å². The molecule has 1 N–H and O–H groups in total. The highest BCUT2D eigenvalue weighted by atomic mass is 16.5. The standard InChI is InChI=1S/C22H23NO5/c1-27-22(26)18(23-21(25)19-8-5-13-28-19)14-15-9-11-17(12-10-15)20(24)16-6-3-2-4-7-16/h2-4,6-7,9-12,18-19H,5,8,13-14H2,1H3,(H,23,25)/t18-,19+/m1/s1. The van der Waals surface area contributed by atoms with Gasteiger partial charge in [-0.25, -0.2) is 4.79 Å². The third-order valence-electron chi connectivity index (χ3n) is 4.72. The van der Waals surface area contributed by atoms with E-state index >= 15 is 0 Å². The predicted molar refractivity (Wildman–Crippen MR) is 103 cm³/mol. The summed E-state index contributed by atoms with van der Waals surface area (Å²) in [5.74, 6) is -0.886. The van der Waals surface area contributed by atoms with E-state index in [1.807, 2.05) is 18.2 Å². The number of carbonyl (C=O) groups is 3. The molecule has 0 saturated carbocycles. The van der Waals surface area contributed by atoms with E-state index in [0.29, 0.717) is 24.2 Å². The van der Waals surface area contributed by atoms with Crippen LogP contribution in [0.1, 0.15) is 34.3 Å². The van der Waals surface area contributed by atoms with Crippen molar-refractivity contribution in [1.29, 1.82) is 0 Å². The number of amides is 1. The fourth-order valence-corrected chi connectivity index (χ4v) is 3.17. The number of hydrogen-bond donors (Lipinski definition) is 1. The summed E-state index contributed by atoms with van der Waals surface area (Å²) in [7, 11) is 1.29. The van der Waals surface area contributed by atoms with E-state index in [2.05, 4.69) is 5.32 Å². The van der Waals surface area contributed by atoms with Crippen LogP contribution in [0.25, 0.3) is 0 Å². The van der Waals surface area contributed by atoms with Gasteiger partial charge in [-0.15, -0.1) is 0 Å². The second kappa shape index (κ2) is 9.28. The normalized spacial score (nSPS) is 17.0. The van der Waals surface area contributed by atoms with E-state index in [-0.39, 0.29) is 18.1 Å².